The predicted octanol–water partition coefficient (Wildman–Crippen LogP) is 4.01. The molecule has 0 saturated carbocycles. The predicted molar refractivity (Wildman–Crippen MR) is 71.3 cm³/mol. The Balaban J connectivity index is 2.42. The average Bonchev–Trinajstić information content (AvgIpc) is 2.67. The quantitative estimate of drug-likeness (QED) is 0.386. The molecule has 1 N–H and O–H groups in total. The molecular formula is C11H7ClINO2. The summed E-state index contributed by atoms with van der Waals surface area (Å²) in [5, 5.41) is 11.9. The fourth-order valence-electron chi connectivity index (χ4n) is 1.31. The minimum absolute atomic E-state index is 0.479. The summed E-state index contributed by atoms with van der Waals surface area (Å²) in [6.45, 7) is 0. The van der Waals surface area contributed by atoms with E-state index in [0.29, 0.717) is 16.5 Å². The van der Waals surface area contributed by atoms with Gasteiger partial charge in [0.05, 0.1) is 5.02 Å². The maximum atomic E-state index is 8.37. The van der Waals surface area contributed by atoms with Gasteiger partial charge in [-0.15, -0.1) is 0 Å². The standard InChI is InChI=1S/C11H7ClINO2/c12-10-5-7(13)1-3-9(10)11-4-2-8(16-11)6-14-15/h1-6,15H/b14-6-. The van der Waals surface area contributed by atoms with Crippen molar-refractivity contribution in [1.82, 2.24) is 0 Å². The Kier molecular flexibility index (Phi) is 3.50. The van der Waals surface area contributed by atoms with Gasteiger partial charge in [-0.05, 0) is 52.9 Å². The molecule has 2 rings (SSSR count). The van der Waals surface area contributed by atoms with Crippen LogP contribution in [-0.2, 0) is 0 Å². The lowest BCUT2D eigenvalue weighted by Gasteiger charge is -2.00. The minimum Gasteiger partial charge on any atom is -0.455 e. The topological polar surface area (TPSA) is 45.7 Å². The van der Waals surface area contributed by atoms with Crippen LogP contribution < -0.4 is 0 Å². The number of oxime groups is 1. The van der Waals surface area contributed by atoms with Gasteiger partial charge in [-0.3, -0.25) is 0 Å². The van der Waals surface area contributed by atoms with Crippen LogP contribution in [0, 0.1) is 3.57 Å². The lowest BCUT2D eigenvalue weighted by atomic mass is 10.2. The van der Waals surface area contributed by atoms with Crippen LogP contribution in [0.2, 0.25) is 5.02 Å². The van der Waals surface area contributed by atoms with Crippen LogP contribution in [0.3, 0.4) is 0 Å². The Hall–Kier alpha value is -1.01. The number of halogens is 2. The minimum atomic E-state index is 0.479. The molecule has 1 aromatic carbocycles. The number of furan rings is 1. The number of hydrogen-bond acceptors (Lipinski definition) is 3. The first-order valence-electron chi connectivity index (χ1n) is 4.43. The third kappa shape index (κ3) is 2.38. The second kappa shape index (κ2) is 4.88. The third-order valence-electron chi connectivity index (χ3n) is 2.01. The number of benzene rings is 1. The second-order valence-electron chi connectivity index (χ2n) is 3.07. The largest absolute Gasteiger partial charge is 0.455 e. The maximum Gasteiger partial charge on any atom is 0.149 e. The first kappa shape index (κ1) is 11.5. The molecule has 0 fully saturated rings. The monoisotopic (exact) mass is 347 g/mol. The molecule has 2 aromatic rings. The van der Waals surface area contributed by atoms with Gasteiger partial charge in [0.2, 0.25) is 0 Å². The fourth-order valence-corrected chi connectivity index (χ4v) is 2.26. The van der Waals surface area contributed by atoms with Gasteiger partial charge in [0, 0.05) is 9.13 Å². The SMILES string of the molecule is O/N=C\c1ccc(-c2ccc(I)cc2Cl)o1. The Bertz CT molecular complexity index is 537. The average molecular weight is 348 g/mol. The van der Waals surface area contributed by atoms with Crippen LogP contribution in [0.5, 0.6) is 0 Å². The van der Waals surface area contributed by atoms with E-state index in [4.69, 9.17) is 21.2 Å². The van der Waals surface area contributed by atoms with Crippen LogP contribution in [0.1, 0.15) is 5.76 Å². The molecule has 0 saturated heterocycles. The third-order valence-corrected chi connectivity index (χ3v) is 2.99. The number of hydrogen-bond donors (Lipinski definition) is 1. The van der Waals surface area contributed by atoms with Crippen molar-refractivity contribution in [1.29, 1.82) is 0 Å². The van der Waals surface area contributed by atoms with Gasteiger partial charge >= 0.3 is 0 Å². The van der Waals surface area contributed by atoms with E-state index < -0.39 is 0 Å². The molecule has 0 radical (unpaired) electrons. The molecule has 0 aliphatic heterocycles. The van der Waals surface area contributed by atoms with Crippen molar-refractivity contribution in [2.75, 3.05) is 0 Å². The summed E-state index contributed by atoms with van der Waals surface area (Å²) in [4.78, 5) is 0. The van der Waals surface area contributed by atoms with Crippen LogP contribution in [0.4, 0.5) is 0 Å². The number of rotatable bonds is 2. The van der Waals surface area contributed by atoms with E-state index in [1.807, 2.05) is 18.2 Å². The molecule has 82 valence electrons. The van der Waals surface area contributed by atoms with Gasteiger partial charge in [0.1, 0.15) is 17.7 Å². The molecule has 5 heteroatoms. The summed E-state index contributed by atoms with van der Waals surface area (Å²) in [6, 6.07) is 9.20. The Labute approximate surface area is 111 Å². The normalized spacial score (nSPS) is 11.1. The Morgan fingerprint density at radius 1 is 1.31 bits per heavy atom. The molecule has 16 heavy (non-hydrogen) atoms. The van der Waals surface area contributed by atoms with E-state index in [-0.39, 0.29) is 0 Å². The molecule has 1 heterocycles. The highest BCUT2D eigenvalue weighted by Gasteiger charge is 2.08. The summed E-state index contributed by atoms with van der Waals surface area (Å²) in [6.07, 6.45) is 1.23. The Morgan fingerprint density at radius 2 is 2.12 bits per heavy atom. The zero-order valence-electron chi connectivity index (χ0n) is 8.02. The van der Waals surface area contributed by atoms with Crippen molar-refractivity contribution in [3.63, 3.8) is 0 Å². The first-order chi connectivity index (χ1) is 7.70. The molecule has 0 unspecified atom stereocenters. The molecule has 0 aliphatic rings. The summed E-state index contributed by atoms with van der Waals surface area (Å²) >= 11 is 8.29. The molecule has 0 bridgehead atoms. The summed E-state index contributed by atoms with van der Waals surface area (Å²) < 4.78 is 6.50. The maximum absolute atomic E-state index is 8.37. The van der Waals surface area contributed by atoms with Crippen molar-refractivity contribution >= 4 is 40.4 Å². The highest BCUT2D eigenvalue weighted by molar-refractivity contribution is 14.1. The van der Waals surface area contributed by atoms with Gasteiger partial charge in [0.25, 0.3) is 0 Å². The van der Waals surface area contributed by atoms with Gasteiger partial charge < -0.3 is 9.62 Å². The molecule has 0 aliphatic carbocycles. The van der Waals surface area contributed by atoms with E-state index in [9.17, 15) is 0 Å². The molecule has 0 atom stereocenters. The molecule has 1 aromatic heterocycles. The van der Waals surface area contributed by atoms with Crippen molar-refractivity contribution < 1.29 is 9.62 Å². The van der Waals surface area contributed by atoms with Gasteiger partial charge in [-0.25, -0.2) is 0 Å². The van der Waals surface area contributed by atoms with Crippen LogP contribution in [0.15, 0.2) is 39.9 Å². The lowest BCUT2D eigenvalue weighted by molar-refractivity contribution is 0.321. The van der Waals surface area contributed by atoms with E-state index in [1.54, 1.807) is 12.1 Å². The van der Waals surface area contributed by atoms with Crippen LogP contribution in [-0.4, -0.2) is 11.4 Å². The highest BCUT2D eigenvalue weighted by Crippen LogP contribution is 2.30. The molecule has 3 nitrogen and oxygen atoms in total. The highest BCUT2D eigenvalue weighted by atomic mass is 127. The van der Waals surface area contributed by atoms with E-state index in [2.05, 4.69) is 27.7 Å². The summed E-state index contributed by atoms with van der Waals surface area (Å²) in [5.74, 6) is 1.13. The zero-order chi connectivity index (χ0) is 11.5. The summed E-state index contributed by atoms with van der Waals surface area (Å²) in [7, 11) is 0. The van der Waals surface area contributed by atoms with Gasteiger partial charge in [-0.2, -0.15) is 0 Å². The van der Waals surface area contributed by atoms with E-state index >= 15 is 0 Å². The lowest BCUT2D eigenvalue weighted by Crippen LogP contribution is -1.78. The molecular weight excluding hydrogens is 340 g/mol. The zero-order valence-corrected chi connectivity index (χ0v) is 10.9. The first-order valence-corrected chi connectivity index (χ1v) is 5.89. The summed E-state index contributed by atoms with van der Waals surface area (Å²) in [5.41, 5.74) is 0.819. The van der Waals surface area contributed by atoms with Crippen molar-refractivity contribution in [2.45, 2.75) is 0 Å². The van der Waals surface area contributed by atoms with E-state index in [0.717, 1.165) is 9.13 Å². The fraction of sp³-hybridized carbons (Fsp3) is 0. The van der Waals surface area contributed by atoms with Gasteiger partial charge in [0.15, 0.2) is 0 Å². The van der Waals surface area contributed by atoms with Crippen molar-refractivity contribution in [3.8, 4) is 11.3 Å². The second-order valence-corrected chi connectivity index (χ2v) is 4.72. The molecule has 0 spiro atoms. The number of nitrogens with zero attached hydrogens (tertiary/aromatic N) is 1. The van der Waals surface area contributed by atoms with Crippen molar-refractivity contribution in [2.24, 2.45) is 5.16 Å². The van der Waals surface area contributed by atoms with Crippen LogP contribution >= 0.6 is 34.2 Å². The molecule has 0 amide bonds. The van der Waals surface area contributed by atoms with Crippen molar-refractivity contribution in [3.05, 3.63) is 44.7 Å². The van der Waals surface area contributed by atoms with E-state index in [1.165, 1.54) is 6.21 Å². The van der Waals surface area contributed by atoms with Crippen LogP contribution in [0.25, 0.3) is 11.3 Å². The van der Waals surface area contributed by atoms with Gasteiger partial charge in [-0.1, -0.05) is 16.8 Å². The Morgan fingerprint density at radius 3 is 2.81 bits per heavy atom. The smallest absolute Gasteiger partial charge is 0.149 e.